The normalized spacial score (nSPS) is 10.7. The molecule has 0 radical (unpaired) electrons. The molecule has 2 heterocycles. The zero-order chi connectivity index (χ0) is 21.3. The lowest BCUT2D eigenvalue weighted by atomic mass is 10.0. The van der Waals surface area contributed by atoms with Crippen LogP contribution < -0.4 is 4.90 Å². The Morgan fingerprint density at radius 2 is 2.07 bits per heavy atom. The van der Waals surface area contributed by atoms with Gasteiger partial charge in [0.2, 0.25) is 0 Å². The highest BCUT2D eigenvalue weighted by molar-refractivity contribution is 7.12. The van der Waals surface area contributed by atoms with Gasteiger partial charge in [-0.3, -0.25) is 4.79 Å². The Morgan fingerprint density at radius 1 is 1.27 bits per heavy atom. The molecule has 4 aromatic rings. The van der Waals surface area contributed by atoms with E-state index >= 15 is 0 Å². The second-order valence-electron chi connectivity index (χ2n) is 6.54. The molecule has 0 spiro atoms. The van der Waals surface area contributed by atoms with Gasteiger partial charge in [0.1, 0.15) is 16.8 Å². The summed E-state index contributed by atoms with van der Waals surface area (Å²) in [4.78, 5) is 23.7. The van der Waals surface area contributed by atoms with Crippen LogP contribution in [0.2, 0.25) is 5.02 Å². The van der Waals surface area contributed by atoms with Crippen LogP contribution in [0.4, 0.5) is 10.1 Å². The summed E-state index contributed by atoms with van der Waals surface area (Å²) in [6.07, 6.45) is 1.50. The molecule has 2 aromatic heterocycles. The molecule has 0 bridgehead atoms. The molecule has 148 valence electrons. The third-order valence-corrected chi connectivity index (χ3v) is 5.84. The van der Waals surface area contributed by atoms with E-state index in [0.29, 0.717) is 32.2 Å². The summed E-state index contributed by atoms with van der Waals surface area (Å²) in [5, 5.41) is 10.5. The number of benzene rings is 2. The molecular weight excluding hydrogens is 423 g/mol. The van der Waals surface area contributed by atoms with E-state index in [2.05, 4.69) is 9.97 Å². The van der Waals surface area contributed by atoms with Gasteiger partial charge in [0.05, 0.1) is 23.1 Å². The zero-order valence-corrected chi connectivity index (χ0v) is 17.3. The number of amides is 1. The summed E-state index contributed by atoms with van der Waals surface area (Å²) in [5.41, 5.74) is 3.46. The molecule has 8 heteroatoms. The van der Waals surface area contributed by atoms with E-state index in [-0.39, 0.29) is 23.5 Å². The van der Waals surface area contributed by atoms with Gasteiger partial charge in [-0.2, -0.15) is 5.26 Å². The number of carbonyl (C=O) groups is 1. The van der Waals surface area contributed by atoms with E-state index in [1.165, 1.54) is 23.6 Å². The molecular formula is C22H14ClFN4OS. The predicted octanol–water partition coefficient (Wildman–Crippen LogP) is 5.51. The standard InChI is InChI=1S/C22H14ClFN4OS/c1-13-21(30-12-27-13)22(29)28(16-5-2-4-15(23)8-16)11-14-10-26-19(9-25)20-17(14)6-3-7-18(20)24/h2-8,10,12H,11H2,1H3. The van der Waals surface area contributed by atoms with Crippen molar-refractivity contribution in [3.05, 3.63) is 86.8 Å². The summed E-state index contributed by atoms with van der Waals surface area (Å²) in [6, 6.07) is 13.4. The number of hydrogen-bond acceptors (Lipinski definition) is 5. The number of nitrogens with zero attached hydrogens (tertiary/aromatic N) is 4. The molecule has 0 unspecified atom stereocenters. The number of anilines is 1. The monoisotopic (exact) mass is 436 g/mol. The zero-order valence-electron chi connectivity index (χ0n) is 15.8. The van der Waals surface area contributed by atoms with Crippen molar-refractivity contribution in [1.29, 1.82) is 5.26 Å². The minimum Gasteiger partial charge on any atom is -0.303 e. The summed E-state index contributed by atoms with van der Waals surface area (Å²) >= 11 is 7.42. The molecule has 0 N–H and O–H groups in total. The minimum atomic E-state index is -0.530. The van der Waals surface area contributed by atoms with E-state index in [9.17, 15) is 14.4 Å². The fourth-order valence-corrected chi connectivity index (χ4v) is 4.18. The summed E-state index contributed by atoms with van der Waals surface area (Å²) in [6.45, 7) is 1.89. The lowest BCUT2D eigenvalue weighted by Crippen LogP contribution is -2.30. The molecule has 0 aliphatic carbocycles. The maximum Gasteiger partial charge on any atom is 0.270 e. The van der Waals surface area contributed by atoms with Gasteiger partial charge in [0, 0.05) is 16.9 Å². The highest BCUT2D eigenvalue weighted by Crippen LogP contribution is 2.29. The average molecular weight is 437 g/mol. The van der Waals surface area contributed by atoms with Crippen molar-refractivity contribution in [1.82, 2.24) is 9.97 Å². The molecule has 5 nitrogen and oxygen atoms in total. The fourth-order valence-electron chi connectivity index (χ4n) is 3.24. The summed E-state index contributed by atoms with van der Waals surface area (Å²) < 4.78 is 14.5. The summed E-state index contributed by atoms with van der Waals surface area (Å²) in [5.74, 6) is -0.775. The van der Waals surface area contributed by atoms with Crippen LogP contribution in [0.5, 0.6) is 0 Å². The lowest BCUT2D eigenvalue weighted by molar-refractivity contribution is 0.0988. The maximum atomic E-state index is 14.5. The van der Waals surface area contributed by atoms with Crippen LogP contribution in [0.3, 0.4) is 0 Å². The number of hydrogen-bond donors (Lipinski definition) is 0. The number of rotatable bonds is 4. The van der Waals surface area contributed by atoms with Crippen molar-refractivity contribution in [2.75, 3.05) is 4.90 Å². The van der Waals surface area contributed by atoms with E-state index in [1.807, 2.05) is 6.07 Å². The molecule has 30 heavy (non-hydrogen) atoms. The first-order valence-electron chi connectivity index (χ1n) is 8.93. The second kappa shape index (κ2) is 8.19. The lowest BCUT2D eigenvalue weighted by Gasteiger charge is -2.23. The molecule has 4 rings (SSSR count). The topological polar surface area (TPSA) is 69.9 Å². The predicted molar refractivity (Wildman–Crippen MR) is 115 cm³/mol. The van der Waals surface area contributed by atoms with Crippen molar-refractivity contribution in [3.63, 3.8) is 0 Å². The van der Waals surface area contributed by atoms with E-state index < -0.39 is 5.82 Å². The fraction of sp³-hybridized carbons (Fsp3) is 0.0909. The van der Waals surface area contributed by atoms with Gasteiger partial charge in [0.15, 0.2) is 5.69 Å². The van der Waals surface area contributed by atoms with Crippen molar-refractivity contribution < 1.29 is 9.18 Å². The molecule has 2 aromatic carbocycles. The number of fused-ring (bicyclic) bond motifs is 1. The van der Waals surface area contributed by atoms with Crippen molar-refractivity contribution in [3.8, 4) is 6.07 Å². The number of thiazole rings is 1. The largest absolute Gasteiger partial charge is 0.303 e. The average Bonchev–Trinajstić information content (AvgIpc) is 3.17. The molecule has 0 saturated heterocycles. The first-order valence-corrected chi connectivity index (χ1v) is 10.2. The Kier molecular flexibility index (Phi) is 5.44. The van der Waals surface area contributed by atoms with Gasteiger partial charge in [-0.25, -0.2) is 14.4 Å². The Balaban J connectivity index is 1.86. The maximum absolute atomic E-state index is 14.5. The van der Waals surface area contributed by atoms with Gasteiger partial charge < -0.3 is 4.90 Å². The highest BCUT2D eigenvalue weighted by Gasteiger charge is 2.23. The van der Waals surface area contributed by atoms with Crippen LogP contribution >= 0.6 is 22.9 Å². The molecule has 1 amide bonds. The minimum absolute atomic E-state index is 0.00535. The number of aromatic nitrogens is 2. The second-order valence-corrected chi connectivity index (χ2v) is 7.84. The van der Waals surface area contributed by atoms with Gasteiger partial charge in [-0.1, -0.05) is 29.8 Å². The van der Waals surface area contributed by atoms with Crippen LogP contribution in [-0.4, -0.2) is 15.9 Å². The van der Waals surface area contributed by atoms with Gasteiger partial charge in [-0.05, 0) is 42.1 Å². The Morgan fingerprint density at radius 3 is 2.77 bits per heavy atom. The van der Waals surface area contributed by atoms with Crippen LogP contribution in [-0.2, 0) is 6.54 Å². The number of nitriles is 1. The van der Waals surface area contributed by atoms with E-state index in [4.69, 9.17) is 11.6 Å². The van der Waals surface area contributed by atoms with Crippen LogP contribution in [0.25, 0.3) is 10.8 Å². The molecule has 0 aliphatic heterocycles. The van der Waals surface area contributed by atoms with Gasteiger partial charge >= 0.3 is 0 Å². The third kappa shape index (κ3) is 3.63. The molecule has 0 saturated carbocycles. The van der Waals surface area contributed by atoms with Crippen LogP contribution in [0, 0.1) is 24.1 Å². The van der Waals surface area contributed by atoms with Crippen LogP contribution in [0.15, 0.2) is 54.2 Å². The molecule has 0 fully saturated rings. The van der Waals surface area contributed by atoms with Crippen LogP contribution in [0.1, 0.15) is 26.6 Å². The first kappa shape index (κ1) is 20.0. The van der Waals surface area contributed by atoms with E-state index in [1.54, 1.807) is 53.7 Å². The number of pyridine rings is 1. The van der Waals surface area contributed by atoms with Gasteiger partial charge in [-0.15, -0.1) is 11.3 Å². The van der Waals surface area contributed by atoms with Gasteiger partial charge in [0.25, 0.3) is 5.91 Å². The van der Waals surface area contributed by atoms with Crippen molar-refractivity contribution >= 4 is 45.3 Å². The quantitative estimate of drug-likeness (QED) is 0.423. The third-order valence-electron chi connectivity index (χ3n) is 4.68. The Hall–Kier alpha value is -3.34. The summed E-state index contributed by atoms with van der Waals surface area (Å²) in [7, 11) is 0. The number of carbonyl (C=O) groups excluding carboxylic acids is 1. The first-order chi connectivity index (χ1) is 14.5. The Bertz CT molecular complexity index is 1310. The molecule has 0 aliphatic rings. The smallest absolute Gasteiger partial charge is 0.270 e. The van der Waals surface area contributed by atoms with Crippen molar-refractivity contribution in [2.45, 2.75) is 13.5 Å². The SMILES string of the molecule is Cc1ncsc1C(=O)N(Cc1cnc(C#N)c2c(F)cccc12)c1cccc(Cl)c1. The Labute approximate surface area is 181 Å². The molecule has 0 atom stereocenters. The van der Waals surface area contributed by atoms with E-state index in [0.717, 1.165) is 0 Å². The number of aryl methyl sites for hydroxylation is 1. The van der Waals surface area contributed by atoms with Crippen molar-refractivity contribution in [2.24, 2.45) is 0 Å². The highest BCUT2D eigenvalue weighted by atomic mass is 35.5. The number of halogens is 2.